The summed E-state index contributed by atoms with van der Waals surface area (Å²) in [7, 11) is 3.95. The van der Waals surface area contributed by atoms with Crippen molar-refractivity contribution in [2.24, 2.45) is 11.1 Å². The Kier molecular flexibility index (Phi) is 5.59. The Bertz CT molecular complexity index is 1170. The highest BCUT2D eigenvalue weighted by Crippen LogP contribution is 2.50. The van der Waals surface area contributed by atoms with E-state index in [0.29, 0.717) is 35.6 Å². The van der Waals surface area contributed by atoms with E-state index >= 15 is 0 Å². The van der Waals surface area contributed by atoms with Crippen LogP contribution in [0.25, 0.3) is 0 Å². The average molecular weight is 492 g/mol. The fraction of sp³-hybridized carbons (Fsp3) is 0.320. The zero-order chi connectivity index (χ0) is 23.2. The van der Waals surface area contributed by atoms with Crippen molar-refractivity contribution in [3.05, 3.63) is 75.3 Å². The second-order valence-corrected chi connectivity index (χ2v) is 10.2. The van der Waals surface area contributed by atoms with Crippen LogP contribution in [0.15, 0.2) is 69.7 Å². The largest absolute Gasteiger partial charge is 0.384 e. The molecule has 4 rings (SSSR count). The van der Waals surface area contributed by atoms with Gasteiger partial charge in [-0.2, -0.15) is 5.26 Å². The molecular formula is C25H26BrN5O. The first-order valence-electron chi connectivity index (χ1n) is 10.5. The first kappa shape index (κ1) is 22.1. The third-order valence-electron chi connectivity index (χ3n) is 6.06. The number of hydrogen-bond donors (Lipinski definition) is 1. The molecule has 1 aromatic heterocycles. The predicted molar refractivity (Wildman–Crippen MR) is 130 cm³/mol. The minimum atomic E-state index is -0.485. The number of nitriles is 1. The summed E-state index contributed by atoms with van der Waals surface area (Å²) in [5, 5.41) is 10.1. The van der Waals surface area contributed by atoms with Gasteiger partial charge in [0, 0.05) is 48.1 Å². The Morgan fingerprint density at radius 3 is 2.44 bits per heavy atom. The van der Waals surface area contributed by atoms with E-state index < -0.39 is 5.92 Å². The molecule has 6 nitrogen and oxygen atoms in total. The van der Waals surface area contributed by atoms with E-state index in [0.717, 1.165) is 21.4 Å². The van der Waals surface area contributed by atoms with Crippen molar-refractivity contribution in [1.82, 2.24) is 4.98 Å². The van der Waals surface area contributed by atoms with Crippen molar-refractivity contribution >= 4 is 33.2 Å². The lowest BCUT2D eigenvalue weighted by molar-refractivity contribution is -0.118. The lowest BCUT2D eigenvalue weighted by Gasteiger charge is -2.43. The highest BCUT2D eigenvalue weighted by Gasteiger charge is 2.44. The Hall–Kier alpha value is -3.11. The average Bonchev–Trinajstić information content (AvgIpc) is 2.73. The summed E-state index contributed by atoms with van der Waals surface area (Å²) in [4.78, 5) is 21.8. The third-order valence-corrected chi connectivity index (χ3v) is 6.53. The summed E-state index contributed by atoms with van der Waals surface area (Å²) < 4.78 is 0.842. The number of benzene rings is 1. The molecule has 2 aliphatic rings. The molecule has 0 unspecified atom stereocenters. The summed E-state index contributed by atoms with van der Waals surface area (Å²) in [6.07, 6.45) is 2.78. The SMILES string of the molecule is CN(C)c1ccc([C@H]2C(C#N)=C(N)N(c3ccc(Br)cn3)C3=C2C(=O)CC(C)(C)C3)cc1. The number of Topliss-reactive ketones (excluding diaryl/α,β-unsaturated/α-hetero) is 1. The molecule has 1 aliphatic carbocycles. The second-order valence-electron chi connectivity index (χ2n) is 9.30. The van der Waals surface area contributed by atoms with Gasteiger partial charge in [0.15, 0.2) is 5.78 Å². The molecule has 2 aromatic rings. The van der Waals surface area contributed by atoms with Crippen molar-refractivity contribution in [2.45, 2.75) is 32.6 Å². The summed E-state index contributed by atoms with van der Waals surface area (Å²) in [6, 6.07) is 14.0. The zero-order valence-electron chi connectivity index (χ0n) is 18.7. The van der Waals surface area contributed by atoms with Gasteiger partial charge < -0.3 is 10.6 Å². The summed E-state index contributed by atoms with van der Waals surface area (Å²) >= 11 is 3.42. The number of carbonyl (C=O) groups is 1. The first-order chi connectivity index (χ1) is 15.1. The first-order valence-corrected chi connectivity index (χ1v) is 11.3. The Balaban J connectivity index is 1.95. The number of carbonyl (C=O) groups excluding carboxylic acids is 1. The summed E-state index contributed by atoms with van der Waals surface area (Å²) in [5.41, 5.74) is 10.2. The number of nitrogens with zero attached hydrogens (tertiary/aromatic N) is 4. The van der Waals surface area contributed by atoms with Crippen molar-refractivity contribution in [3.63, 3.8) is 0 Å². The van der Waals surface area contributed by atoms with E-state index in [1.165, 1.54) is 0 Å². The topological polar surface area (TPSA) is 86.2 Å². The van der Waals surface area contributed by atoms with Crippen LogP contribution in [0.4, 0.5) is 11.5 Å². The van der Waals surface area contributed by atoms with Crippen LogP contribution >= 0.6 is 15.9 Å². The fourth-order valence-corrected chi connectivity index (χ4v) is 4.80. The number of halogens is 1. The lowest BCUT2D eigenvalue weighted by Crippen LogP contribution is -2.42. The van der Waals surface area contributed by atoms with E-state index in [-0.39, 0.29) is 11.2 Å². The van der Waals surface area contributed by atoms with Gasteiger partial charge in [-0.1, -0.05) is 26.0 Å². The van der Waals surface area contributed by atoms with Gasteiger partial charge in [-0.25, -0.2) is 4.98 Å². The van der Waals surface area contributed by atoms with Gasteiger partial charge in [-0.3, -0.25) is 9.69 Å². The quantitative estimate of drug-likeness (QED) is 0.659. The van der Waals surface area contributed by atoms with Crippen LogP contribution in [0.2, 0.25) is 0 Å². The van der Waals surface area contributed by atoms with Gasteiger partial charge >= 0.3 is 0 Å². The molecule has 0 radical (unpaired) electrons. The van der Waals surface area contributed by atoms with Crippen LogP contribution in [0.1, 0.15) is 38.2 Å². The molecule has 32 heavy (non-hydrogen) atoms. The molecule has 0 bridgehead atoms. The van der Waals surface area contributed by atoms with Crippen molar-refractivity contribution in [3.8, 4) is 6.07 Å². The minimum Gasteiger partial charge on any atom is -0.384 e. The highest BCUT2D eigenvalue weighted by molar-refractivity contribution is 9.10. The van der Waals surface area contributed by atoms with Gasteiger partial charge in [0.1, 0.15) is 11.6 Å². The van der Waals surface area contributed by atoms with E-state index in [4.69, 9.17) is 5.73 Å². The maximum absolute atomic E-state index is 13.5. The molecule has 0 spiro atoms. The molecule has 2 heterocycles. The minimum absolute atomic E-state index is 0.0558. The van der Waals surface area contributed by atoms with Gasteiger partial charge in [0.05, 0.1) is 17.6 Å². The number of ketones is 1. The molecule has 0 amide bonds. The van der Waals surface area contributed by atoms with Crippen LogP contribution in [0.3, 0.4) is 0 Å². The Morgan fingerprint density at radius 1 is 1.19 bits per heavy atom. The number of aromatic nitrogens is 1. The van der Waals surface area contributed by atoms with E-state index in [1.807, 2.05) is 55.4 Å². The predicted octanol–water partition coefficient (Wildman–Crippen LogP) is 4.85. The summed E-state index contributed by atoms with van der Waals surface area (Å²) in [6.45, 7) is 4.17. The fourth-order valence-electron chi connectivity index (χ4n) is 4.57. The van der Waals surface area contributed by atoms with Gasteiger partial charge in [0.2, 0.25) is 0 Å². The van der Waals surface area contributed by atoms with Crippen LogP contribution in [0.5, 0.6) is 0 Å². The third kappa shape index (κ3) is 3.80. The molecule has 2 N–H and O–H groups in total. The number of rotatable bonds is 3. The Morgan fingerprint density at radius 2 is 1.88 bits per heavy atom. The molecule has 0 saturated heterocycles. The highest BCUT2D eigenvalue weighted by atomic mass is 79.9. The standard InChI is InChI=1S/C25H26BrN5O/c1-25(2)11-19-23(20(32)12-25)22(15-5-8-17(9-6-15)30(3)4)18(13-27)24(28)31(19)21-10-7-16(26)14-29-21/h5-10,14,22H,11-12,28H2,1-4H3/t22-/m0/s1. The molecule has 0 fully saturated rings. The van der Waals surface area contributed by atoms with Gasteiger partial charge in [-0.05, 0) is 57.6 Å². The lowest BCUT2D eigenvalue weighted by atomic mass is 9.68. The van der Waals surface area contributed by atoms with Gasteiger partial charge in [0.25, 0.3) is 0 Å². The molecular weight excluding hydrogens is 466 g/mol. The molecule has 164 valence electrons. The van der Waals surface area contributed by atoms with E-state index in [2.05, 4.69) is 40.8 Å². The van der Waals surface area contributed by atoms with Crippen molar-refractivity contribution in [2.75, 3.05) is 23.9 Å². The number of anilines is 2. The number of allylic oxidation sites excluding steroid dienone is 3. The monoisotopic (exact) mass is 491 g/mol. The number of pyridine rings is 1. The van der Waals surface area contributed by atoms with Crippen LogP contribution in [0, 0.1) is 16.7 Å². The molecule has 0 saturated carbocycles. The maximum Gasteiger partial charge on any atom is 0.162 e. The zero-order valence-corrected chi connectivity index (χ0v) is 20.3. The van der Waals surface area contributed by atoms with Gasteiger partial charge in [-0.15, -0.1) is 0 Å². The molecule has 7 heteroatoms. The maximum atomic E-state index is 13.5. The van der Waals surface area contributed by atoms with Crippen molar-refractivity contribution < 1.29 is 4.79 Å². The normalized spacial score (nSPS) is 20.2. The molecule has 1 aliphatic heterocycles. The van der Waals surface area contributed by atoms with Crippen LogP contribution < -0.4 is 15.5 Å². The van der Waals surface area contributed by atoms with Crippen LogP contribution in [-0.4, -0.2) is 24.9 Å². The Labute approximate surface area is 197 Å². The van der Waals surface area contributed by atoms with Crippen LogP contribution in [-0.2, 0) is 4.79 Å². The number of hydrogen-bond acceptors (Lipinski definition) is 6. The van der Waals surface area contributed by atoms with Crippen molar-refractivity contribution in [1.29, 1.82) is 5.26 Å². The molecule has 1 atom stereocenters. The van der Waals surface area contributed by atoms with E-state index in [9.17, 15) is 10.1 Å². The second kappa shape index (κ2) is 8.10. The molecule has 1 aromatic carbocycles. The smallest absolute Gasteiger partial charge is 0.162 e. The van der Waals surface area contributed by atoms with E-state index in [1.54, 1.807) is 11.1 Å². The summed E-state index contributed by atoms with van der Waals surface area (Å²) in [5.74, 6) is 0.493. The number of nitrogens with two attached hydrogens (primary N) is 1.